The molecule has 3 rings (SSSR count). The van der Waals surface area contributed by atoms with Crippen molar-refractivity contribution >= 4 is 11.9 Å². The Morgan fingerprint density at radius 2 is 2.06 bits per heavy atom. The molecule has 0 aromatic carbocycles. The second-order valence-electron chi connectivity index (χ2n) is 7.76. The van der Waals surface area contributed by atoms with Crippen molar-refractivity contribution in [1.82, 2.24) is 10.3 Å². The van der Waals surface area contributed by atoms with Gasteiger partial charge in [-0.1, -0.05) is 0 Å². The Balaban J connectivity index is 1.98. The van der Waals surface area contributed by atoms with Crippen LogP contribution in [0.3, 0.4) is 0 Å². The van der Waals surface area contributed by atoms with E-state index in [4.69, 9.17) is 5.73 Å². The highest BCUT2D eigenvalue weighted by molar-refractivity contribution is 5.93. The number of carbonyl (C=O) groups is 1. The molecule has 1 aliphatic carbocycles. The number of allylic oxidation sites excluding steroid dienone is 2. The van der Waals surface area contributed by atoms with E-state index in [-0.39, 0.29) is 11.4 Å². The van der Waals surface area contributed by atoms with Crippen molar-refractivity contribution in [3.63, 3.8) is 0 Å². The van der Waals surface area contributed by atoms with E-state index in [1.54, 1.807) is 0 Å². The van der Waals surface area contributed by atoms with Gasteiger partial charge in [0.1, 0.15) is 23.6 Å². The van der Waals surface area contributed by atoms with Crippen molar-refractivity contribution in [2.24, 2.45) is 16.1 Å². The van der Waals surface area contributed by atoms with Crippen molar-refractivity contribution < 1.29 is 40.3 Å². The first-order chi connectivity index (χ1) is 15.8. The van der Waals surface area contributed by atoms with Crippen molar-refractivity contribution in [1.29, 1.82) is 0 Å². The number of halogens is 7. The molecule has 0 spiro atoms. The lowest BCUT2D eigenvalue weighted by Crippen LogP contribution is -2.57. The standard InChI is InChI=1S/C21H17F7N4O2/c1-19(20(6-7-22)9-15(21(26,27)28)34-18(29)32-20)8-12(3-5-14(19)23)31-17(33)13-4-2-11(10-30-13)16(24)25/h2-5,8,10,14-16H,9H2,1H3,(H2,29,32)(H,31,33)/t14?,15?,19?,20-/m0/s1. The van der Waals surface area contributed by atoms with Gasteiger partial charge >= 0.3 is 6.18 Å². The van der Waals surface area contributed by atoms with Crippen LogP contribution < -0.4 is 11.1 Å². The van der Waals surface area contributed by atoms with Crippen LogP contribution in [0.1, 0.15) is 35.8 Å². The van der Waals surface area contributed by atoms with Crippen LogP contribution >= 0.6 is 0 Å². The first-order valence-electron chi connectivity index (χ1n) is 9.63. The number of nitrogens with zero attached hydrogens (tertiary/aromatic N) is 2. The van der Waals surface area contributed by atoms with E-state index in [0.717, 1.165) is 49.7 Å². The molecule has 3 unspecified atom stereocenters. The van der Waals surface area contributed by atoms with Crippen molar-refractivity contribution in [3.8, 4) is 12.1 Å². The van der Waals surface area contributed by atoms with Crippen LogP contribution in [-0.4, -0.2) is 40.9 Å². The molecule has 4 atom stereocenters. The summed E-state index contributed by atoms with van der Waals surface area (Å²) in [5, 5.41) is 2.35. The molecule has 6 nitrogen and oxygen atoms in total. The monoisotopic (exact) mass is 490 g/mol. The van der Waals surface area contributed by atoms with E-state index in [2.05, 4.69) is 20.0 Å². The molecule has 1 amide bonds. The lowest BCUT2D eigenvalue weighted by Gasteiger charge is -2.46. The molecule has 2 aliphatic rings. The molecule has 13 heteroatoms. The number of amidine groups is 1. The number of hydrogen-bond acceptors (Lipinski definition) is 5. The molecular formula is C21H17F7N4O2. The lowest BCUT2D eigenvalue weighted by molar-refractivity contribution is -0.209. The van der Waals surface area contributed by atoms with Crippen LogP contribution in [0.15, 0.2) is 47.2 Å². The molecular weight excluding hydrogens is 473 g/mol. The second kappa shape index (κ2) is 9.00. The number of alkyl halides is 6. The molecule has 0 radical (unpaired) electrons. The largest absolute Gasteiger partial charge is 0.452 e. The summed E-state index contributed by atoms with van der Waals surface area (Å²) >= 11 is 0. The highest BCUT2D eigenvalue weighted by atomic mass is 19.4. The summed E-state index contributed by atoms with van der Waals surface area (Å²) in [6.45, 7) is 1.14. The predicted molar refractivity (Wildman–Crippen MR) is 106 cm³/mol. The Labute approximate surface area is 188 Å². The molecule has 0 saturated carbocycles. The zero-order valence-electron chi connectivity index (χ0n) is 17.3. The van der Waals surface area contributed by atoms with Gasteiger partial charge in [-0.05, 0) is 43.2 Å². The zero-order chi connectivity index (χ0) is 25.3. The van der Waals surface area contributed by atoms with Gasteiger partial charge in [-0.3, -0.25) is 9.78 Å². The zero-order valence-corrected chi connectivity index (χ0v) is 17.3. The summed E-state index contributed by atoms with van der Waals surface area (Å²) in [5.41, 5.74) is 0.264. The van der Waals surface area contributed by atoms with Crippen molar-refractivity contribution in [2.45, 2.75) is 43.8 Å². The summed E-state index contributed by atoms with van der Waals surface area (Å²) in [6.07, 6.45) is -8.47. The van der Waals surface area contributed by atoms with Crippen molar-refractivity contribution in [3.05, 3.63) is 53.5 Å². The van der Waals surface area contributed by atoms with Gasteiger partial charge in [0.25, 0.3) is 18.4 Å². The SMILES string of the molecule is CC1([C@]2(C#CF)CC(C(F)(F)F)OC(N)=N2)C=C(NC(=O)c2ccc(C(F)F)cn2)C=CC1F. The van der Waals surface area contributed by atoms with E-state index in [1.807, 2.05) is 5.92 Å². The normalized spacial score (nSPS) is 28.9. The topological polar surface area (TPSA) is 89.6 Å². The van der Waals surface area contributed by atoms with Crippen LogP contribution in [0.25, 0.3) is 0 Å². The first-order valence-corrected chi connectivity index (χ1v) is 9.63. The van der Waals surface area contributed by atoms with Gasteiger partial charge in [0.2, 0.25) is 6.10 Å². The van der Waals surface area contributed by atoms with Gasteiger partial charge in [0.05, 0.1) is 5.41 Å². The molecule has 0 saturated heterocycles. The van der Waals surface area contributed by atoms with E-state index in [1.165, 1.54) is 0 Å². The van der Waals surface area contributed by atoms with Gasteiger partial charge in [0, 0.05) is 23.9 Å². The minimum absolute atomic E-state index is 0.0926. The maximum absolute atomic E-state index is 15.1. The lowest BCUT2D eigenvalue weighted by atomic mass is 9.63. The summed E-state index contributed by atoms with van der Waals surface area (Å²) in [7, 11) is 0. The molecule has 34 heavy (non-hydrogen) atoms. The van der Waals surface area contributed by atoms with Gasteiger partial charge in [0.15, 0.2) is 0 Å². The Morgan fingerprint density at radius 1 is 1.35 bits per heavy atom. The number of amides is 1. The number of hydrogen-bond donors (Lipinski definition) is 2. The molecule has 1 aromatic rings. The van der Waals surface area contributed by atoms with Gasteiger partial charge in [-0.25, -0.2) is 18.2 Å². The number of carbonyl (C=O) groups excluding carboxylic acids is 1. The molecule has 182 valence electrons. The van der Waals surface area contributed by atoms with E-state index >= 15 is 4.39 Å². The number of rotatable bonds is 4. The van der Waals surface area contributed by atoms with Crippen LogP contribution in [0, 0.1) is 17.5 Å². The van der Waals surface area contributed by atoms with Crippen LogP contribution in [0.2, 0.25) is 0 Å². The number of ether oxygens (including phenoxy) is 1. The van der Waals surface area contributed by atoms with Gasteiger partial charge in [-0.15, -0.1) is 4.39 Å². The third-order valence-corrected chi connectivity index (χ3v) is 5.56. The fourth-order valence-corrected chi connectivity index (χ4v) is 3.66. The minimum atomic E-state index is -4.94. The third kappa shape index (κ3) is 4.71. The molecule has 0 fully saturated rings. The minimum Gasteiger partial charge on any atom is -0.452 e. The summed E-state index contributed by atoms with van der Waals surface area (Å²) in [4.78, 5) is 19.9. The fraction of sp³-hybridized carbons (Fsp3) is 0.381. The van der Waals surface area contributed by atoms with Gasteiger partial charge < -0.3 is 15.8 Å². The number of aromatic nitrogens is 1. The van der Waals surface area contributed by atoms with Crippen LogP contribution in [0.4, 0.5) is 30.7 Å². The number of pyridine rings is 1. The smallest absolute Gasteiger partial charge is 0.425 e. The van der Waals surface area contributed by atoms with Crippen LogP contribution in [0.5, 0.6) is 0 Å². The highest BCUT2D eigenvalue weighted by Crippen LogP contribution is 2.49. The first kappa shape index (κ1) is 25.1. The number of nitrogens with two attached hydrogens (primary N) is 1. The maximum Gasteiger partial charge on any atom is 0.425 e. The third-order valence-electron chi connectivity index (χ3n) is 5.56. The fourth-order valence-electron chi connectivity index (χ4n) is 3.66. The van der Waals surface area contributed by atoms with E-state index in [9.17, 15) is 31.1 Å². The molecule has 1 aliphatic heterocycles. The predicted octanol–water partition coefficient (Wildman–Crippen LogP) is 3.88. The quantitative estimate of drug-likeness (QED) is 0.495. The van der Waals surface area contributed by atoms with E-state index < -0.39 is 59.7 Å². The summed E-state index contributed by atoms with van der Waals surface area (Å²) < 4.78 is 98.3. The molecule has 0 bridgehead atoms. The Bertz CT molecular complexity index is 1100. The Kier molecular flexibility index (Phi) is 6.64. The van der Waals surface area contributed by atoms with E-state index in [0.29, 0.717) is 0 Å². The molecule has 2 heterocycles. The second-order valence-corrected chi connectivity index (χ2v) is 7.76. The van der Waals surface area contributed by atoms with Crippen LogP contribution in [-0.2, 0) is 4.74 Å². The average Bonchev–Trinajstić information content (AvgIpc) is 2.75. The average molecular weight is 490 g/mol. The highest BCUT2D eigenvalue weighted by Gasteiger charge is 2.59. The number of nitrogens with one attached hydrogen (secondary N) is 1. The number of aliphatic imine (C=N–C) groups is 1. The summed E-state index contributed by atoms with van der Waals surface area (Å²) in [6, 6.07) is 1.07. The Morgan fingerprint density at radius 3 is 2.62 bits per heavy atom. The van der Waals surface area contributed by atoms with Gasteiger partial charge in [-0.2, -0.15) is 13.2 Å². The maximum atomic E-state index is 15.1. The molecule has 1 aromatic heterocycles. The van der Waals surface area contributed by atoms with Crippen molar-refractivity contribution in [2.75, 3.05) is 0 Å². The molecule has 3 N–H and O–H groups in total. The Hall–Kier alpha value is -3.56. The summed E-state index contributed by atoms with van der Waals surface area (Å²) in [5.74, 6) is 1.04.